The van der Waals surface area contributed by atoms with Gasteiger partial charge in [0.15, 0.2) is 0 Å². The number of hydrogen-bond donors (Lipinski definition) is 1. The lowest BCUT2D eigenvalue weighted by Crippen LogP contribution is -1.78. The van der Waals surface area contributed by atoms with Crippen LogP contribution in [0.1, 0.15) is 0 Å². The predicted octanol–water partition coefficient (Wildman–Crippen LogP) is 0.505. The lowest BCUT2D eigenvalue weighted by atomic mass is 10.8. The molecule has 0 aromatic heterocycles. The Labute approximate surface area is 35.6 Å². The van der Waals surface area contributed by atoms with Crippen molar-refractivity contribution in [1.29, 1.82) is 0 Å². The molecule has 0 rings (SSSR count). The van der Waals surface area contributed by atoms with Crippen molar-refractivity contribution in [3.05, 3.63) is 0 Å². The van der Waals surface area contributed by atoms with E-state index >= 15 is 0 Å². The Morgan fingerprint density at radius 3 is 2.20 bits per heavy atom. The van der Waals surface area contributed by atoms with Crippen LogP contribution in [0.2, 0.25) is 0 Å². The summed E-state index contributed by atoms with van der Waals surface area (Å²) in [5.74, 6) is 1.81. The van der Waals surface area contributed by atoms with Crippen molar-refractivity contribution in [1.82, 2.24) is 0 Å². The molecule has 0 heterocycles. The van der Waals surface area contributed by atoms with E-state index in [0.29, 0.717) is 0 Å². The number of hydrogen-bond acceptors (Lipinski definition) is 1. The van der Waals surface area contributed by atoms with Gasteiger partial charge in [-0.3, -0.25) is 0 Å². The molecule has 0 unspecified atom stereocenters. The lowest BCUT2D eigenvalue weighted by molar-refractivity contribution is 0.577. The predicted molar refractivity (Wildman–Crippen MR) is 24.1 cm³/mol. The Hall–Kier alpha value is -0.550. The van der Waals surface area contributed by atoms with E-state index in [2.05, 4.69) is 18.6 Å². The highest BCUT2D eigenvalue weighted by Gasteiger charge is 1.66. The molecular formula is C3H2OS. The van der Waals surface area contributed by atoms with Gasteiger partial charge in [-0.2, -0.15) is 0 Å². The Morgan fingerprint density at radius 2 is 2.20 bits per heavy atom. The molecular weight excluding hydrogens is 84.1 g/mol. The molecule has 0 bridgehead atoms. The van der Waals surface area contributed by atoms with Gasteiger partial charge in [0.1, 0.15) is 0 Å². The van der Waals surface area contributed by atoms with Gasteiger partial charge in [-0.15, -0.1) is 6.42 Å². The molecule has 0 aromatic carbocycles. The summed E-state index contributed by atoms with van der Waals surface area (Å²) in [6.45, 7) is 0. The molecule has 1 nitrogen and oxygen atoms in total. The summed E-state index contributed by atoms with van der Waals surface area (Å²) in [5, 5.41) is 7.47. The fraction of sp³-hybridized carbons (Fsp3) is 0. The van der Waals surface area contributed by atoms with Crippen LogP contribution in [-0.4, -0.2) is 10.2 Å². The normalized spacial score (nSPS) is 5.40. The first-order valence-corrected chi connectivity index (χ1v) is 1.37. The highest BCUT2D eigenvalue weighted by molar-refractivity contribution is 7.80. The van der Waals surface area contributed by atoms with E-state index in [9.17, 15) is 0 Å². The van der Waals surface area contributed by atoms with E-state index < -0.39 is 0 Å². The van der Waals surface area contributed by atoms with Crippen molar-refractivity contribution in [2.75, 3.05) is 0 Å². The third kappa shape index (κ3) is 3.45. The Kier molecular flexibility index (Phi) is 1.55. The third-order valence-electron chi connectivity index (χ3n) is 0.123. The zero-order valence-corrected chi connectivity index (χ0v) is 3.25. The van der Waals surface area contributed by atoms with Gasteiger partial charge in [-0.25, -0.2) is 0 Å². The molecule has 26 valence electrons. The minimum Gasteiger partial charge on any atom is -0.493 e. The van der Waals surface area contributed by atoms with Gasteiger partial charge >= 0.3 is 0 Å². The van der Waals surface area contributed by atoms with E-state index in [4.69, 9.17) is 5.11 Å². The summed E-state index contributed by atoms with van der Waals surface area (Å²) in [7, 11) is 0. The topological polar surface area (TPSA) is 20.2 Å². The molecule has 0 amide bonds. The number of rotatable bonds is 0. The molecule has 1 N–H and O–H groups in total. The van der Waals surface area contributed by atoms with Crippen molar-refractivity contribution >= 4 is 17.3 Å². The van der Waals surface area contributed by atoms with Crippen LogP contribution in [-0.2, 0) is 0 Å². The largest absolute Gasteiger partial charge is 0.493 e. The molecule has 0 saturated carbocycles. The van der Waals surface area contributed by atoms with Crippen LogP contribution in [0.3, 0.4) is 0 Å². The zero-order valence-electron chi connectivity index (χ0n) is 2.43. The van der Waals surface area contributed by atoms with Crippen LogP contribution >= 0.6 is 12.2 Å². The summed E-state index contributed by atoms with van der Waals surface area (Å²) >= 11 is 4.02. The highest BCUT2D eigenvalue weighted by Crippen LogP contribution is 1.56. The van der Waals surface area contributed by atoms with Crippen molar-refractivity contribution in [3.63, 3.8) is 0 Å². The minimum absolute atomic E-state index is 0.384. The van der Waals surface area contributed by atoms with Gasteiger partial charge in [0.25, 0.3) is 0 Å². The zero-order chi connectivity index (χ0) is 4.28. The van der Waals surface area contributed by atoms with Crippen LogP contribution < -0.4 is 0 Å². The molecule has 0 aliphatic carbocycles. The van der Waals surface area contributed by atoms with Gasteiger partial charge in [-0.1, -0.05) is 0 Å². The molecule has 0 fully saturated rings. The first-order chi connectivity index (χ1) is 2.27. The van der Waals surface area contributed by atoms with E-state index in [1.54, 1.807) is 0 Å². The van der Waals surface area contributed by atoms with Gasteiger partial charge in [-0.05, 0) is 18.1 Å². The van der Waals surface area contributed by atoms with Gasteiger partial charge < -0.3 is 5.11 Å². The maximum Gasteiger partial charge on any atom is 0.234 e. The first kappa shape index (κ1) is 4.45. The average molecular weight is 86.1 g/mol. The molecule has 0 radical (unpaired) electrons. The van der Waals surface area contributed by atoms with Crippen molar-refractivity contribution in [3.8, 4) is 12.3 Å². The third-order valence-corrected chi connectivity index (χ3v) is 0.241. The van der Waals surface area contributed by atoms with Gasteiger partial charge in [0.05, 0.1) is 0 Å². The standard InChI is InChI=1S/C3H2OS/c1-2-3(4)5/h1H,(H,4,5). The molecule has 5 heavy (non-hydrogen) atoms. The van der Waals surface area contributed by atoms with Crippen LogP contribution in [0.15, 0.2) is 0 Å². The highest BCUT2D eigenvalue weighted by atomic mass is 32.1. The van der Waals surface area contributed by atoms with Crippen LogP contribution in [0, 0.1) is 12.3 Å². The fourth-order valence-corrected chi connectivity index (χ4v) is 0. The SMILES string of the molecule is C#CC(O)=S. The van der Waals surface area contributed by atoms with Crippen molar-refractivity contribution in [2.45, 2.75) is 0 Å². The van der Waals surface area contributed by atoms with Crippen LogP contribution in [0.4, 0.5) is 0 Å². The maximum atomic E-state index is 7.86. The van der Waals surface area contributed by atoms with Crippen molar-refractivity contribution in [2.24, 2.45) is 0 Å². The minimum atomic E-state index is -0.384. The number of aliphatic hydroxyl groups excluding tert-OH is 1. The summed E-state index contributed by atoms with van der Waals surface area (Å²) in [5.41, 5.74) is 0. The second kappa shape index (κ2) is 1.74. The number of aliphatic hydroxyl groups is 1. The molecule has 2 heteroatoms. The van der Waals surface area contributed by atoms with Crippen LogP contribution in [0.5, 0.6) is 0 Å². The quantitative estimate of drug-likeness (QED) is 0.342. The lowest BCUT2D eigenvalue weighted by Gasteiger charge is -1.65. The number of terminal acetylenes is 1. The molecule has 0 aliphatic rings. The van der Waals surface area contributed by atoms with Gasteiger partial charge in [0.2, 0.25) is 5.05 Å². The molecule has 0 spiro atoms. The van der Waals surface area contributed by atoms with Crippen molar-refractivity contribution < 1.29 is 5.11 Å². The number of thiocarbonyl (C=S) groups is 1. The molecule has 0 aromatic rings. The molecule has 0 atom stereocenters. The summed E-state index contributed by atoms with van der Waals surface area (Å²) in [6.07, 6.45) is 4.53. The maximum absolute atomic E-state index is 7.86. The molecule has 0 aliphatic heterocycles. The Morgan fingerprint density at radius 1 is 2.00 bits per heavy atom. The second-order valence-corrected chi connectivity index (χ2v) is 0.836. The summed E-state index contributed by atoms with van der Waals surface area (Å²) in [4.78, 5) is 0. The van der Waals surface area contributed by atoms with Gasteiger partial charge in [0, 0.05) is 0 Å². The van der Waals surface area contributed by atoms with E-state index in [1.807, 2.05) is 5.92 Å². The average Bonchev–Trinajstić information content (AvgIpc) is 1.38. The van der Waals surface area contributed by atoms with E-state index in [1.165, 1.54) is 0 Å². The van der Waals surface area contributed by atoms with E-state index in [-0.39, 0.29) is 5.05 Å². The Balaban J connectivity index is 3.35. The van der Waals surface area contributed by atoms with E-state index in [0.717, 1.165) is 0 Å². The molecule has 0 saturated heterocycles. The smallest absolute Gasteiger partial charge is 0.234 e. The monoisotopic (exact) mass is 86.0 g/mol. The second-order valence-electron chi connectivity index (χ2n) is 0.449. The first-order valence-electron chi connectivity index (χ1n) is 0.966. The summed E-state index contributed by atoms with van der Waals surface area (Å²) in [6, 6.07) is 0. The summed E-state index contributed by atoms with van der Waals surface area (Å²) < 4.78 is 0. The fourth-order valence-electron chi connectivity index (χ4n) is 0. The Bertz CT molecular complexity index is 79.4. The van der Waals surface area contributed by atoms with Crippen LogP contribution in [0.25, 0.3) is 0 Å².